The highest BCUT2D eigenvalue weighted by Gasteiger charge is 2.68. The molecule has 2 bridgehead atoms. The number of furan rings is 1. The van der Waals surface area contributed by atoms with Gasteiger partial charge in [0.2, 0.25) is 5.91 Å². The first-order chi connectivity index (χ1) is 15.1. The SMILES string of the molecule is C[N+]1(Cc2ccco2)CC[C@]23CCCC[C@@]2(O)[C@H]1Cc1ccc(C(N)=O)cc13.O=C([O-])[O-]. The number of nitrogens with two attached hydrogens (primary N) is 1. The van der Waals surface area contributed by atoms with Gasteiger partial charge in [-0.1, -0.05) is 18.9 Å². The summed E-state index contributed by atoms with van der Waals surface area (Å²) in [4.78, 5) is 20.2. The maximum absolute atomic E-state index is 12.2. The van der Waals surface area contributed by atoms with Crippen molar-refractivity contribution in [3.63, 3.8) is 0 Å². The van der Waals surface area contributed by atoms with Crippen LogP contribution in [0.1, 0.15) is 59.3 Å². The van der Waals surface area contributed by atoms with Crippen LogP contribution in [0.5, 0.6) is 0 Å². The molecule has 0 radical (unpaired) electrons. The summed E-state index contributed by atoms with van der Waals surface area (Å²) in [5.74, 6) is 0.583. The van der Waals surface area contributed by atoms with Gasteiger partial charge in [-0.05, 0) is 54.4 Å². The van der Waals surface area contributed by atoms with Crippen molar-refractivity contribution in [1.29, 1.82) is 0 Å². The number of hydrogen-bond donors (Lipinski definition) is 2. The summed E-state index contributed by atoms with van der Waals surface area (Å²) in [6.45, 7) is 1.79. The Morgan fingerprint density at radius 1 is 1.22 bits per heavy atom. The van der Waals surface area contributed by atoms with Gasteiger partial charge in [0.15, 0.2) is 5.76 Å². The number of nitrogens with zero attached hydrogens (tertiary/aromatic N) is 1. The highest BCUT2D eigenvalue weighted by Crippen LogP contribution is 2.59. The molecule has 2 aromatic rings. The summed E-state index contributed by atoms with van der Waals surface area (Å²) in [6.07, 6.45) is 5.13. The van der Waals surface area contributed by atoms with Crippen LogP contribution >= 0.6 is 0 Å². The summed E-state index contributed by atoms with van der Waals surface area (Å²) in [5, 5.41) is 28.9. The molecule has 1 aromatic carbocycles. The molecule has 8 nitrogen and oxygen atoms in total. The highest BCUT2D eigenvalue weighted by molar-refractivity contribution is 5.93. The molecule has 5 rings (SSSR count). The van der Waals surface area contributed by atoms with Gasteiger partial charge in [0.25, 0.3) is 0 Å². The first-order valence-corrected chi connectivity index (χ1v) is 11.0. The third kappa shape index (κ3) is 3.47. The molecule has 2 fully saturated rings. The van der Waals surface area contributed by atoms with Crippen LogP contribution in [0.3, 0.4) is 0 Å². The molecule has 2 aliphatic carbocycles. The number of carbonyl (C=O) groups is 2. The van der Waals surface area contributed by atoms with Gasteiger partial charge < -0.3 is 34.7 Å². The monoisotopic (exact) mass is 441 g/mol. The summed E-state index contributed by atoms with van der Waals surface area (Å²) >= 11 is 0. The standard InChI is InChI=1S/C23H28N2O3.CH2O3/c1-25(15-18-5-4-12-28-18)11-10-22-8-2-3-9-23(22,27)20(25)14-16-6-7-17(21(24)26)13-19(16)22;2-1(3)4/h4-7,12-13,20,27H,2-3,8-11,14-15H2,1H3,(H-,24,26);(H2,2,3,4)/p-1/t20-,22+,23-,25?;/m1./s1. The molecule has 32 heavy (non-hydrogen) atoms. The molecule has 1 aromatic heterocycles. The average Bonchev–Trinajstić information content (AvgIpc) is 3.23. The van der Waals surface area contributed by atoms with E-state index in [2.05, 4.69) is 13.1 Å². The zero-order chi connectivity index (χ0) is 23.1. The minimum absolute atomic E-state index is 0.124. The number of likely N-dealkylation sites (N-methyl/N-ethyl adjacent to an activating group) is 1. The summed E-state index contributed by atoms with van der Waals surface area (Å²) in [7, 11) is 2.27. The van der Waals surface area contributed by atoms with Gasteiger partial charge in [-0.2, -0.15) is 0 Å². The molecule has 1 saturated carbocycles. The van der Waals surface area contributed by atoms with E-state index >= 15 is 0 Å². The third-order valence-electron chi connectivity index (χ3n) is 8.01. The Hall–Kier alpha value is -2.84. The molecular weight excluding hydrogens is 412 g/mol. The molecule has 2 heterocycles. The number of amides is 1. The van der Waals surface area contributed by atoms with Crippen LogP contribution in [-0.2, 0) is 18.4 Å². The predicted molar refractivity (Wildman–Crippen MR) is 111 cm³/mol. The Morgan fingerprint density at radius 2 is 1.94 bits per heavy atom. The molecule has 3 aliphatic rings. The lowest BCUT2D eigenvalue weighted by Gasteiger charge is -2.65. The molecule has 1 saturated heterocycles. The number of hydrogen-bond acceptors (Lipinski definition) is 6. The van der Waals surface area contributed by atoms with Crippen molar-refractivity contribution in [3.05, 3.63) is 59.0 Å². The van der Waals surface area contributed by atoms with Gasteiger partial charge in [0.05, 0.1) is 19.9 Å². The zero-order valence-corrected chi connectivity index (χ0v) is 18.2. The van der Waals surface area contributed by atoms with Crippen molar-refractivity contribution in [3.8, 4) is 0 Å². The van der Waals surface area contributed by atoms with Crippen LogP contribution in [0.4, 0.5) is 4.79 Å². The lowest BCUT2D eigenvalue weighted by molar-refractivity contribution is -0.962. The number of quaternary nitrogens is 1. The Kier molecular flexibility index (Phi) is 5.55. The van der Waals surface area contributed by atoms with Gasteiger partial charge in [-0.3, -0.25) is 4.79 Å². The number of rotatable bonds is 3. The van der Waals surface area contributed by atoms with E-state index in [1.165, 1.54) is 11.1 Å². The third-order valence-corrected chi connectivity index (χ3v) is 8.01. The van der Waals surface area contributed by atoms with E-state index < -0.39 is 17.7 Å². The molecular formula is C24H29N2O6-. The Labute approximate surface area is 186 Å². The molecule has 1 amide bonds. The fourth-order valence-electron chi connectivity index (χ4n) is 6.62. The van der Waals surface area contributed by atoms with Gasteiger partial charge >= 0.3 is 0 Å². The van der Waals surface area contributed by atoms with Gasteiger partial charge in [0, 0.05) is 23.8 Å². The second-order valence-corrected chi connectivity index (χ2v) is 9.61. The van der Waals surface area contributed by atoms with Crippen molar-refractivity contribution in [2.75, 3.05) is 13.6 Å². The topological polar surface area (TPSA) is 140 Å². The van der Waals surface area contributed by atoms with Crippen LogP contribution in [0.15, 0.2) is 41.0 Å². The Bertz CT molecular complexity index is 1020. The fourth-order valence-corrected chi connectivity index (χ4v) is 6.62. The molecule has 172 valence electrons. The molecule has 8 heteroatoms. The van der Waals surface area contributed by atoms with Crippen LogP contribution in [0.25, 0.3) is 0 Å². The van der Waals surface area contributed by atoms with E-state index in [4.69, 9.17) is 25.2 Å². The maximum Gasteiger partial charge on any atom is 0.248 e. The summed E-state index contributed by atoms with van der Waals surface area (Å²) < 4.78 is 6.46. The normalized spacial score (nSPS) is 32.6. The lowest BCUT2D eigenvalue weighted by Crippen LogP contribution is -2.77. The molecule has 3 N–H and O–H groups in total. The Morgan fingerprint density at radius 3 is 2.59 bits per heavy atom. The predicted octanol–water partition coefficient (Wildman–Crippen LogP) is 0.450. The maximum atomic E-state index is 12.2. The molecule has 0 spiro atoms. The van der Waals surface area contributed by atoms with Gasteiger partial charge in [-0.25, -0.2) is 0 Å². The summed E-state index contributed by atoms with van der Waals surface area (Å²) in [5.41, 5.74) is 7.55. The van der Waals surface area contributed by atoms with Crippen LogP contribution in [0.2, 0.25) is 0 Å². The lowest BCUT2D eigenvalue weighted by atomic mass is 9.49. The quantitative estimate of drug-likeness (QED) is 0.663. The Balaban J connectivity index is 0.000000567. The van der Waals surface area contributed by atoms with Gasteiger partial charge in [0.1, 0.15) is 18.2 Å². The van der Waals surface area contributed by atoms with Crippen LogP contribution in [-0.4, -0.2) is 46.9 Å². The van der Waals surface area contributed by atoms with E-state index in [0.29, 0.717) is 5.56 Å². The zero-order valence-electron chi connectivity index (χ0n) is 18.2. The second kappa shape index (κ2) is 7.94. The first-order valence-electron chi connectivity index (χ1n) is 11.0. The number of carboxylic acid groups (broad SMARTS) is 2. The van der Waals surface area contributed by atoms with E-state index in [-0.39, 0.29) is 11.5 Å². The van der Waals surface area contributed by atoms with Crippen molar-refractivity contribution in [1.82, 2.24) is 0 Å². The number of likely N-dealkylation sites (tertiary alicyclic amines) is 1. The highest BCUT2D eigenvalue weighted by atomic mass is 16.6. The number of aliphatic hydroxyl groups is 1. The van der Waals surface area contributed by atoms with Crippen molar-refractivity contribution in [2.24, 2.45) is 5.73 Å². The smallest absolute Gasteiger partial charge is 0.248 e. The number of piperidine rings is 1. The van der Waals surface area contributed by atoms with Crippen LogP contribution < -0.4 is 15.9 Å². The largest absolute Gasteiger partial charge is 0.652 e. The minimum atomic E-state index is -2.33. The summed E-state index contributed by atoms with van der Waals surface area (Å²) in [6, 6.07) is 9.99. The number of benzene rings is 1. The van der Waals surface area contributed by atoms with E-state index in [1.54, 1.807) is 6.26 Å². The molecule has 1 aliphatic heterocycles. The van der Waals surface area contributed by atoms with E-state index in [1.807, 2.05) is 24.3 Å². The average molecular weight is 442 g/mol. The number of fused-ring (bicyclic) bond motifs is 1. The molecule has 1 unspecified atom stereocenters. The second-order valence-electron chi connectivity index (χ2n) is 9.61. The van der Waals surface area contributed by atoms with Crippen molar-refractivity contribution in [2.45, 2.75) is 62.1 Å². The minimum Gasteiger partial charge on any atom is -0.652 e. The van der Waals surface area contributed by atoms with Crippen LogP contribution in [0, 0.1) is 0 Å². The van der Waals surface area contributed by atoms with Crippen molar-refractivity contribution < 1.29 is 33.8 Å². The van der Waals surface area contributed by atoms with E-state index in [0.717, 1.165) is 61.9 Å². The molecule has 4 atom stereocenters. The first kappa shape index (κ1) is 22.4. The van der Waals surface area contributed by atoms with Gasteiger partial charge in [-0.15, -0.1) is 0 Å². The number of carbonyl (C=O) groups excluding carboxylic acids is 2. The fraction of sp³-hybridized carbons (Fsp3) is 0.500. The number of primary amides is 1. The van der Waals surface area contributed by atoms with E-state index in [9.17, 15) is 9.90 Å². The van der Waals surface area contributed by atoms with Crippen molar-refractivity contribution >= 4 is 12.1 Å².